The Kier molecular flexibility index (Phi) is 6.59. The summed E-state index contributed by atoms with van der Waals surface area (Å²) < 4.78 is 0. The molecule has 1 aliphatic heterocycles. The molecule has 5 nitrogen and oxygen atoms in total. The van der Waals surface area contributed by atoms with Gasteiger partial charge in [-0.1, -0.05) is 38.4 Å². The topological polar surface area (TPSA) is 70.5 Å². The number of rotatable bonds is 4. The molecule has 2 aromatic heterocycles. The number of nitrogens with zero attached hydrogens (tertiary/aromatic N) is 2. The maximum atomic E-state index is 12.9. The maximum Gasteiger partial charge on any atom is 0.308 e. The summed E-state index contributed by atoms with van der Waals surface area (Å²) in [5, 5.41) is 11.9. The maximum absolute atomic E-state index is 12.9. The molecule has 1 atom stereocenters. The summed E-state index contributed by atoms with van der Waals surface area (Å²) in [7, 11) is 0. The largest absolute Gasteiger partial charge is 0.481 e. The minimum absolute atomic E-state index is 0.0284. The smallest absolute Gasteiger partial charge is 0.308 e. The molecule has 1 unspecified atom stereocenters. The Labute approximate surface area is 203 Å². The quantitative estimate of drug-likeness (QED) is 0.469. The highest BCUT2D eigenvalue weighted by Crippen LogP contribution is 2.37. The Morgan fingerprint density at radius 1 is 1.15 bits per heavy atom. The zero-order valence-corrected chi connectivity index (χ0v) is 20.5. The molecule has 3 heterocycles. The van der Waals surface area contributed by atoms with Crippen LogP contribution in [0.25, 0.3) is 21.6 Å². The molecule has 33 heavy (non-hydrogen) atoms. The molecule has 1 fully saturated rings. The number of likely N-dealkylation sites (tertiary alicyclic amines) is 1. The average Bonchev–Trinajstić information content (AvgIpc) is 3.28. The van der Waals surface area contributed by atoms with Crippen LogP contribution in [0.5, 0.6) is 0 Å². The van der Waals surface area contributed by atoms with E-state index in [1.807, 2.05) is 18.3 Å². The lowest BCUT2D eigenvalue weighted by atomic mass is 9.90. The zero-order chi connectivity index (χ0) is 23.8. The summed E-state index contributed by atoms with van der Waals surface area (Å²) in [4.78, 5) is 31.4. The molecule has 0 radical (unpaired) electrons. The standard InChI is InChI=1S/C26H27ClN2O3S/c1-26(2,3)23-13-16(8-9-28-23)19-12-22(33-15-19)20-7-6-17(11-21(20)27)24(30)29-10-4-5-18(14-29)25(31)32/h6-9,11-13,15,18H,4-5,10,14H2,1-3H3,(H,31,32). The number of carbonyl (C=O) groups excluding carboxylic acids is 1. The van der Waals surface area contributed by atoms with Gasteiger partial charge < -0.3 is 10.0 Å². The van der Waals surface area contributed by atoms with Crippen molar-refractivity contribution in [1.82, 2.24) is 9.88 Å². The number of thiophene rings is 1. The van der Waals surface area contributed by atoms with Crippen molar-refractivity contribution < 1.29 is 14.7 Å². The Morgan fingerprint density at radius 3 is 2.64 bits per heavy atom. The second kappa shape index (κ2) is 9.27. The number of pyridine rings is 1. The van der Waals surface area contributed by atoms with E-state index in [9.17, 15) is 14.7 Å². The summed E-state index contributed by atoms with van der Waals surface area (Å²) in [6.45, 7) is 7.24. The van der Waals surface area contributed by atoms with Crippen LogP contribution in [0.3, 0.4) is 0 Å². The van der Waals surface area contributed by atoms with Crippen molar-refractivity contribution in [3.63, 3.8) is 0 Å². The van der Waals surface area contributed by atoms with Gasteiger partial charge in [-0.15, -0.1) is 11.3 Å². The summed E-state index contributed by atoms with van der Waals surface area (Å²) >= 11 is 8.20. The highest BCUT2D eigenvalue weighted by atomic mass is 35.5. The van der Waals surface area contributed by atoms with E-state index in [2.05, 4.69) is 43.3 Å². The Bertz CT molecular complexity index is 1200. The number of carboxylic acids is 1. The van der Waals surface area contributed by atoms with Gasteiger partial charge >= 0.3 is 5.97 Å². The van der Waals surface area contributed by atoms with E-state index in [4.69, 9.17) is 11.6 Å². The second-order valence-electron chi connectivity index (χ2n) is 9.50. The third kappa shape index (κ3) is 5.12. The Balaban J connectivity index is 1.55. The third-order valence-corrected chi connectivity index (χ3v) is 7.28. The van der Waals surface area contributed by atoms with Gasteiger partial charge in [0.25, 0.3) is 5.91 Å². The number of hydrogen-bond donors (Lipinski definition) is 1. The fraction of sp³-hybridized carbons (Fsp3) is 0.346. The molecule has 4 rings (SSSR count). The molecule has 0 bridgehead atoms. The number of aliphatic carboxylic acids is 1. The van der Waals surface area contributed by atoms with Crippen LogP contribution in [0.4, 0.5) is 0 Å². The molecule has 3 aromatic rings. The van der Waals surface area contributed by atoms with E-state index >= 15 is 0 Å². The van der Waals surface area contributed by atoms with Gasteiger partial charge in [0.1, 0.15) is 0 Å². The number of hydrogen-bond acceptors (Lipinski definition) is 4. The van der Waals surface area contributed by atoms with Gasteiger partial charge in [0.15, 0.2) is 0 Å². The van der Waals surface area contributed by atoms with E-state index in [0.29, 0.717) is 30.0 Å². The van der Waals surface area contributed by atoms with Crippen LogP contribution in [0.2, 0.25) is 5.02 Å². The van der Waals surface area contributed by atoms with Crippen molar-refractivity contribution in [2.24, 2.45) is 5.92 Å². The van der Waals surface area contributed by atoms with Crippen molar-refractivity contribution in [3.8, 4) is 21.6 Å². The highest BCUT2D eigenvalue weighted by molar-refractivity contribution is 7.14. The number of piperidine rings is 1. The Hall–Kier alpha value is -2.70. The summed E-state index contributed by atoms with van der Waals surface area (Å²) in [6, 6.07) is 11.6. The summed E-state index contributed by atoms with van der Waals surface area (Å²) in [5.41, 5.74) is 4.58. The van der Waals surface area contributed by atoms with Gasteiger partial charge in [0.05, 0.1) is 10.9 Å². The van der Waals surface area contributed by atoms with Gasteiger partial charge in [-0.05, 0) is 59.7 Å². The van der Waals surface area contributed by atoms with Crippen LogP contribution in [-0.2, 0) is 10.2 Å². The predicted molar refractivity (Wildman–Crippen MR) is 133 cm³/mol. The lowest BCUT2D eigenvalue weighted by molar-refractivity contribution is -0.143. The molecule has 0 saturated carbocycles. The van der Waals surface area contributed by atoms with Gasteiger partial charge in [-0.25, -0.2) is 0 Å². The van der Waals surface area contributed by atoms with Crippen molar-refractivity contribution >= 4 is 34.8 Å². The van der Waals surface area contributed by atoms with E-state index in [1.165, 1.54) is 0 Å². The first kappa shape index (κ1) is 23.5. The molecule has 0 aliphatic carbocycles. The van der Waals surface area contributed by atoms with Crippen molar-refractivity contribution in [2.45, 2.75) is 39.0 Å². The number of amides is 1. The fourth-order valence-electron chi connectivity index (χ4n) is 4.04. The molecule has 172 valence electrons. The second-order valence-corrected chi connectivity index (χ2v) is 10.8. The molecule has 1 amide bonds. The van der Waals surface area contributed by atoms with Crippen molar-refractivity contribution in [3.05, 3.63) is 64.3 Å². The number of aromatic nitrogens is 1. The zero-order valence-electron chi connectivity index (χ0n) is 19.0. The first-order chi connectivity index (χ1) is 15.6. The van der Waals surface area contributed by atoms with E-state index in [-0.39, 0.29) is 17.9 Å². The minimum atomic E-state index is -0.849. The van der Waals surface area contributed by atoms with Crippen LogP contribution >= 0.6 is 22.9 Å². The van der Waals surface area contributed by atoms with Gasteiger partial charge in [-0.3, -0.25) is 14.6 Å². The van der Waals surface area contributed by atoms with Crippen LogP contribution in [0.15, 0.2) is 48.0 Å². The molecule has 0 spiro atoms. The van der Waals surface area contributed by atoms with Crippen LogP contribution in [0, 0.1) is 5.92 Å². The van der Waals surface area contributed by atoms with Gasteiger partial charge in [0.2, 0.25) is 0 Å². The molecule has 1 aliphatic rings. The number of carbonyl (C=O) groups is 2. The third-order valence-electron chi connectivity index (χ3n) is 6.00. The number of carboxylic acid groups (broad SMARTS) is 1. The number of halogens is 1. The fourth-order valence-corrected chi connectivity index (χ4v) is 5.34. The van der Waals surface area contributed by atoms with Crippen LogP contribution in [0.1, 0.15) is 49.7 Å². The van der Waals surface area contributed by atoms with Gasteiger partial charge in [0, 0.05) is 46.4 Å². The molecule has 1 N–H and O–H groups in total. The van der Waals surface area contributed by atoms with E-state index in [1.54, 1.807) is 28.4 Å². The highest BCUT2D eigenvalue weighted by Gasteiger charge is 2.29. The first-order valence-corrected chi connectivity index (χ1v) is 12.3. The minimum Gasteiger partial charge on any atom is -0.481 e. The monoisotopic (exact) mass is 482 g/mol. The summed E-state index contributed by atoms with van der Waals surface area (Å²) in [6.07, 6.45) is 3.14. The van der Waals surface area contributed by atoms with Crippen molar-refractivity contribution in [2.75, 3.05) is 13.1 Å². The lowest BCUT2D eigenvalue weighted by Crippen LogP contribution is -2.42. The number of benzene rings is 1. The van der Waals surface area contributed by atoms with Crippen molar-refractivity contribution in [1.29, 1.82) is 0 Å². The van der Waals surface area contributed by atoms with Crippen LogP contribution in [-0.4, -0.2) is 40.0 Å². The van der Waals surface area contributed by atoms with E-state index in [0.717, 1.165) is 27.3 Å². The molecule has 7 heteroatoms. The van der Waals surface area contributed by atoms with Gasteiger partial charge in [-0.2, -0.15) is 0 Å². The Morgan fingerprint density at radius 2 is 1.94 bits per heavy atom. The lowest BCUT2D eigenvalue weighted by Gasteiger charge is -2.30. The van der Waals surface area contributed by atoms with E-state index < -0.39 is 11.9 Å². The van der Waals surface area contributed by atoms with Crippen LogP contribution < -0.4 is 0 Å². The summed E-state index contributed by atoms with van der Waals surface area (Å²) in [5.74, 6) is -1.53. The average molecular weight is 483 g/mol. The molecule has 1 aromatic carbocycles. The molecule has 1 saturated heterocycles. The SMILES string of the molecule is CC(C)(C)c1cc(-c2csc(-c3ccc(C(=O)N4CCCC(C(=O)O)C4)cc3Cl)c2)ccn1. The molecular formula is C26H27ClN2O3S. The predicted octanol–water partition coefficient (Wildman–Crippen LogP) is 6.36. The first-order valence-electron chi connectivity index (χ1n) is 11.0. The normalized spacial score (nSPS) is 16.6. The molecular weight excluding hydrogens is 456 g/mol.